The van der Waals surface area contributed by atoms with Crippen LogP contribution < -0.4 is 15.1 Å². The molecule has 2 saturated heterocycles. The first kappa shape index (κ1) is 20.1. The maximum absolute atomic E-state index is 14.7. The molecule has 0 radical (unpaired) electrons. The van der Waals surface area contributed by atoms with Crippen LogP contribution in [0.25, 0.3) is 6.08 Å². The highest BCUT2D eigenvalue weighted by atomic mass is 35.5. The van der Waals surface area contributed by atoms with E-state index in [0.717, 1.165) is 36.4 Å². The molecule has 30 heavy (non-hydrogen) atoms. The van der Waals surface area contributed by atoms with Crippen molar-refractivity contribution in [1.82, 2.24) is 5.32 Å². The Morgan fingerprint density at radius 3 is 2.53 bits per heavy atom. The van der Waals surface area contributed by atoms with Crippen LogP contribution in [0.15, 0.2) is 42.0 Å². The fourth-order valence-corrected chi connectivity index (χ4v) is 3.88. The van der Waals surface area contributed by atoms with E-state index in [1.165, 1.54) is 24.3 Å². The zero-order valence-corrected chi connectivity index (χ0v) is 17.0. The van der Waals surface area contributed by atoms with Gasteiger partial charge < -0.3 is 4.90 Å². The summed E-state index contributed by atoms with van der Waals surface area (Å²) in [6, 6.07) is 8.35. The van der Waals surface area contributed by atoms with Crippen LogP contribution in [-0.4, -0.2) is 30.9 Å². The standard InChI is InChI=1S/C22H19ClFN3O3/c1-13-9-19(26-7-2-3-8-26)18(24)11-14(13)10-17-20(28)25-22(30)27(21(17)29)16-6-4-5-15(23)12-16/h4-6,9-12H,2-3,7-8H2,1H3,(H,25,28,30). The quantitative estimate of drug-likeness (QED) is 0.592. The summed E-state index contributed by atoms with van der Waals surface area (Å²) in [5.41, 5.74) is 1.61. The molecule has 154 valence electrons. The van der Waals surface area contributed by atoms with Gasteiger partial charge in [0.2, 0.25) is 0 Å². The molecule has 8 heteroatoms. The van der Waals surface area contributed by atoms with Crippen molar-refractivity contribution in [1.29, 1.82) is 0 Å². The van der Waals surface area contributed by atoms with E-state index in [4.69, 9.17) is 11.6 Å². The van der Waals surface area contributed by atoms with Gasteiger partial charge in [-0.25, -0.2) is 14.1 Å². The van der Waals surface area contributed by atoms with E-state index < -0.39 is 23.7 Å². The van der Waals surface area contributed by atoms with E-state index in [0.29, 0.717) is 16.3 Å². The lowest BCUT2D eigenvalue weighted by atomic mass is 10.0. The smallest absolute Gasteiger partial charge is 0.335 e. The summed E-state index contributed by atoms with van der Waals surface area (Å²) >= 11 is 5.96. The van der Waals surface area contributed by atoms with Crippen LogP contribution in [0.3, 0.4) is 0 Å². The van der Waals surface area contributed by atoms with E-state index in [2.05, 4.69) is 5.32 Å². The predicted octanol–water partition coefficient (Wildman–Crippen LogP) is 4.05. The molecule has 2 aliphatic heterocycles. The van der Waals surface area contributed by atoms with Crippen molar-refractivity contribution in [2.24, 2.45) is 0 Å². The number of carbonyl (C=O) groups is 3. The van der Waals surface area contributed by atoms with Gasteiger partial charge in [-0.2, -0.15) is 0 Å². The summed E-state index contributed by atoms with van der Waals surface area (Å²) in [5.74, 6) is -2.04. The number of amides is 4. The Kier molecular flexibility index (Phi) is 5.30. The van der Waals surface area contributed by atoms with Crippen molar-refractivity contribution >= 4 is 46.9 Å². The molecular weight excluding hydrogens is 409 g/mol. The molecule has 0 aromatic heterocycles. The number of nitrogens with one attached hydrogen (secondary N) is 1. The molecule has 2 heterocycles. The SMILES string of the molecule is Cc1cc(N2CCCC2)c(F)cc1C=C1C(=O)NC(=O)N(c2cccc(Cl)c2)C1=O. The number of hydrogen-bond donors (Lipinski definition) is 1. The van der Waals surface area contributed by atoms with E-state index in [1.807, 2.05) is 4.90 Å². The molecule has 0 saturated carbocycles. The first-order valence-electron chi connectivity index (χ1n) is 9.57. The van der Waals surface area contributed by atoms with Crippen molar-refractivity contribution in [3.63, 3.8) is 0 Å². The normalized spacial score (nSPS) is 18.4. The van der Waals surface area contributed by atoms with Crippen LogP contribution in [0.5, 0.6) is 0 Å². The third-order valence-corrected chi connectivity index (χ3v) is 5.49. The van der Waals surface area contributed by atoms with Crippen LogP contribution in [0.4, 0.5) is 20.6 Å². The summed E-state index contributed by atoms with van der Waals surface area (Å²) in [6.07, 6.45) is 3.35. The van der Waals surface area contributed by atoms with Gasteiger partial charge in [-0.3, -0.25) is 14.9 Å². The van der Waals surface area contributed by atoms with Crippen molar-refractivity contribution < 1.29 is 18.8 Å². The number of carbonyl (C=O) groups excluding carboxylic acids is 3. The lowest BCUT2D eigenvalue weighted by Crippen LogP contribution is -2.54. The lowest BCUT2D eigenvalue weighted by Gasteiger charge is -2.26. The number of imide groups is 2. The van der Waals surface area contributed by atoms with E-state index >= 15 is 0 Å². The van der Waals surface area contributed by atoms with Gasteiger partial charge in [-0.1, -0.05) is 17.7 Å². The topological polar surface area (TPSA) is 69.7 Å². The number of halogens is 2. The molecule has 0 atom stereocenters. The van der Waals surface area contributed by atoms with Gasteiger partial charge in [0.05, 0.1) is 11.4 Å². The molecule has 0 unspecified atom stereocenters. The number of hydrogen-bond acceptors (Lipinski definition) is 4. The Morgan fingerprint density at radius 1 is 1.10 bits per heavy atom. The molecular formula is C22H19ClFN3O3. The van der Waals surface area contributed by atoms with E-state index in [-0.39, 0.29) is 11.3 Å². The highest BCUT2D eigenvalue weighted by molar-refractivity contribution is 6.39. The molecule has 0 aliphatic carbocycles. The molecule has 0 spiro atoms. The zero-order chi connectivity index (χ0) is 21.4. The number of urea groups is 1. The number of aryl methyl sites for hydroxylation is 1. The molecule has 2 aromatic carbocycles. The molecule has 0 bridgehead atoms. The number of barbiturate groups is 1. The Morgan fingerprint density at radius 2 is 1.83 bits per heavy atom. The summed E-state index contributed by atoms with van der Waals surface area (Å²) < 4.78 is 14.7. The molecule has 4 rings (SSSR count). The van der Waals surface area contributed by atoms with Gasteiger partial charge in [0.1, 0.15) is 11.4 Å². The number of nitrogens with zero attached hydrogens (tertiary/aromatic N) is 2. The van der Waals surface area contributed by atoms with Gasteiger partial charge in [0, 0.05) is 18.1 Å². The molecule has 2 aliphatic rings. The first-order chi connectivity index (χ1) is 14.3. The van der Waals surface area contributed by atoms with Gasteiger partial charge in [0.25, 0.3) is 11.8 Å². The third kappa shape index (κ3) is 3.68. The second kappa shape index (κ2) is 7.91. The number of benzene rings is 2. The maximum atomic E-state index is 14.7. The minimum Gasteiger partial charge on any atom is -0.369 e. The van der Waals surface area contributed by atoms with Crippen molar-refractivity contribution in [2.75, 3.05) is 22.9 Å². The average molecular weight is 428 g/mol. The van der Waals surface area contributed by atoms with E-state index in [1.54, 1.807) is 25.1 Å². The van der Waals surface area contributed by atoms with Crippen LogP contribution >= 0.6 is 11.6 Å². The summed E-state index contributed by atoms with van der Waals surface area (Å²) in [4.78, 5) is 40.4. The number of anilines is 2. The minimum atomic E-state index is -0.864. The Hall–Kier alpha value is -3.19. The van der Waals surface area contributed by atoms with Crippen molar-refractivity contribution in [3.05, 3.63) is 63.9 Å². The molecule has 2 fully saturated rings. The fourth-order valence-electron chi connectivity index (χ4n) is 3.70. The van der Waals surface area contributed by atoms with Gasteiger partial charge >= 0.3 is 6.03 Å². The van der Waals surface area contributed by atoms with Crippen LogP contribution in [0.1, 0.15) is 24.0 Å². The highest BCUT2D eigenvalue weighted by Crippen LogP contribution is 2.29. The number of rotatable bonds is 3. The van der Waals surface area contributed by atoms with Crippen molar-refractivity contribution in [3.8, 4) is 0 Å². The van der Waals surface area contributed by atoms with Crippen LogP contribution in [0, 0.1) is 12.7 Å². The maximum Gasteiger partial charge on any atom is 0.335 e. The first-order valence-corrected chi connectivity index (χ1v) is 9.95. The average Bonchev–Trinajstić information content (AvgIpc) is 3.22. The second-order valence-electron chi connectivity index (χ2n) is 7.29. The molecule has 4 amide bonds. The van der Waals surface area contributed by atoms with Gasteiger partial charge in [-0.15, -0.1) is 0 Å². The van der Waals surface area contributed by atoms with Crippen LogP contribution in [0.2, 0.25) is 5.02 Å². The minimum absolute atomic E-state index is 0.232. The Balaban J connectivity index is 1.71. The Labute approximate surface area is 177 Å². The van der Waals surface area contributed by atoms with Gasteiger partial charge in [0.15, 0.2) is 0 Å². The summed E-state index contributed by atoms with van der Waals surface area (Å²) in [6.45, 7) is 3.39. The highest BCUT2D eigenvalue weighted by Gasteiger charge is 2.37. The monoisotopic (exact) mass is 427 g/mol. The van der Waals surface area contributed by atoms with Gasteiger partial charge in [-0.05, 0) is 67.3 Å². The fraction of sp³-hybridized carbons (Fsp3) is 0.227. The molecule has 1 N–H and O–H groups in total. The predicted molar refractivity (Wildman–Crippen MR) is 113 cm³/mol. The third-order valence-electron chi connectivity index (χ3n) is 5.25. The Bertz CT molecular complexity index is 1090. The van der Waals surface area contributed by atoms with Crippen molar-refractivity contribution in [2.45, 2.75) is 19.8 Å². The lowest BCUT2D eigenvalue weighted by molar-refractivity contribution is -0.122. The molecule has 6 nitrogen and oxygen atoms in total. The summed E-state index contributed by atoms with van der Waals surface area (Å²) in [5, 5.41) is 2.49. The van der Waals surface area contributed by atoms with E-state index in [9.17, 15) is 18.8 Å². The molecule has 2 aromatic rings. The largest absolute Gasteiger partial charge is 0.369 e. The second-order valence-corrected chi connectivity index (χ2v) is 7.73. The van der Waals surface area contributed by atoms with Crippen LogP contribution in [-0.2, 0) is 9.59 Å². The zero-order valence-electron chi connectivity index (χ0n) is 16.2. The summed E-state index contributed by atoms with van der Waals surface area (Å²) in [7, 11) is 0.